The Balaban J connectivity index is 2.03. The molecule has 2 rings (SSSR count). The third-order valence-electron chi connectivity index (χ3n) is 3.99. The van der Waals surface area contributed by atoms with Crippen molar-refractivity contribution in [3.05, 3.63) is 16.3 Å². The van der Waals surface area contributed by atoms with Crippen molar-refractivity contribution in [1.29, 1.82) is 0 Å². The molecule has 0 amide bonds. The molecule has 3 nitrogen and oxygen atoms in total. The summed E-state index contributed by atoms with van der Waals surface area (Å²) in [6.07, 6.45) is 3.62. The quantitative estimate of drug-likeness (QED) is 0.896. The van der Waals surface area contributed by atoms with Gasteiger partial charge in [-0.25, -0.2) is 4.79 Å². The minimum Gasteiger partial charge on any atom is -0.477 e. The molecule has 1 aliphatic rings. The number of carbonyl (C=O) groups is 1. The zero-order valence-electron chi connectivity index (χ0n) is 10.4. The summed E-state index contributed by atoms with van der Waals surface area (Å²) in [5, 5.41) is 10.9. The number of piperidine rings is 1. The molecule has 1 aliphatic heterocycles. The van der Waals surface area contributed by atoms with Gasteiger partial charge in [-0.1, -0.05) is 20.3 Å². The second-order valence-electron chi connectivity index (χ2n) is 5.13. The predicted molar refractivity (Wildman–Crippen MR) is 71.1 cm³/mol. The second-order valence-corrected chi connectivity index (χ2v) is 6.04. The summed E-state index contributed by atoms with van der Waals surface area (Å²) >= 11 is 1.32. The third-order valence-corrected chi connectivity index (χ3v) is 4.89. The van der Waals surface area contributed by atoms with E-state index in [1.54, 1.807) is 6.07 Å². The maximum atomic E-state index is 10.8. The first-order valence-corrected chi connectivity index (χ1v) is 6.99. The molecule has 0 aromatic carbocycles. The van der Waals surface area contributed by atoms with Crippen molar-refractivity contribution in [3.8, 4) is 0 Å². The Bertz CT molecular complexity index is 405. The molecule has 1 saturated heterocycles. The van der Waals surface area contributed by atoms with Gasteiger partial charge >= 0.3 is 5.97 Å². The first kappa shape index (κ1) is 12.4. The fraction of sp³-hybridized carbons (Fsp3) is 0.615. The maximum Gasteiger partial charge on any atom is 0.345 e. The van der Waals surface area contributed by atoms with Crippen molar-refractivity contribution in [2.75, 3.05) is 18.0 Å². The van der Waals surface area contributed by atoms with Crippen LogP contribution in [0.3, 0.4) is 0 Å². The minimum atomic E-state index is -0.823. The fourth-order valence-electron chi connectivity index (χ4n) is 2.26. The van der Waals surface area contributed by atoms with Crippen molar-refractivity contribution in [1.82, 2.24) is 0 Å². The van der Waals surface area contributed by atoms with Crippen LogP contribution in [-0.2, 0) is 0 Å². The Morgan fingerprint density at radius 3 is 2.65 bits per heavy atom. The average Bonchev–Trinajstić information content (AvgIpc) is 2.79. The van der Waals surface area contributed by atoms with Crippen LogP contribution in [0.25, 0.3) is 0 Å². The summed E-state index contributed by atoms with van der Waals surface area (Å²) in [4.78, 5) is 13.6. The van der Waals surface area contributed by atoms with Gasteiger partial charge in [-0.3, -0.25) is 0 Å². The SMILES string of the molecule is CCC1(C)CCN(c2csc(C(=O)O)c2)CC1. The predicted octanol–water partition coefficient (Wildman–Crippen LogP) is 3.46. The van der Waals surface area contributed by atoms with Crippen molar-refractivity contribution in [3.63, 3.8) is 0 Å². The van der Waals surface area contributed by atoms with E-state index in [4.69, 9.17) is 5.11 Å². The van der Waals surface area contributed by atoms with Gasteiger partial charge < -0.3 is 10.0 Å². The molecular weight excluding hydrogens is 234 g/mol. The number of aromatic carboxylic acids is 1. The van der Waals surface area contributed by atoms with Gasteiger partial charge in [0.05, 0.1) is 0 Å². The fourth-order valence-corrected chi connectivity index (χ4v) is 3.02. The Morgan fingerprint density at radius 1 is 1.53 bits per heavy atom. The van der Waals surface area contributed by atoms with E-state index in [1.165, 1.54) is 30.6 Å². The monoisotopic (exact) mass is 253 g/mol. The minimum absolute atomic E-state index is 0.434. The number of thiophene rings is 1. The number of hydrogen-bond donors (Lipinski definition) is 1. The molecule has 94 valence electrons. The van der Waals surface area contributed by atoms with E-state index in [1.807, 2.05) is 5.38 Å². The molecule has 2 heterocycles. The van der Waals surface area contributed by atoms with Crippen LogP contribution in [-0.4, -0.2) is 24.2 Å². The summed E-state index contributed by atoms with van der Waals surface area (Å²) in [7, 11) is 0. The van der Waals surface area contributed by atoms with Crippen LogP contribution in [0.2, 0.25) is 0 Å². The van der Waals surface area contributed by atoms with Gasteiger partial charge in [0.1, 0.15) is 4.88 Å². The summed E-state index contributed by atoms with van der Waals surface area (Å²) in [5.74, 6) is -0.823. The third kappa shape index (κ3) is 2.63. The Labute approximate surface area is 106 Å². The maximum absolute atomic E-state index is 10.8. The highest BCUT2D eigenvalue weighted by Crippen LogP contribution is 2.36. The standard InChI is InChI=1S/C13H19NO2S/c1-3-13(2)4-6-14(7-5-13)10-8-11(12(15)16)17-9-10/h8-9H,3-7H2,1-2H3,(H,15,16). The van der Waals surface area contributed by atoms with Crippen LogP contribution in [0.1, 0.15) is 42.8 Å². The van der Waals surface area contributed by atoms with E-state index >= 15 is 0 Å². The van der Waals surface area contributed by atoms with Gasteiger partial charge in [-0.15, -0.1) is 11.3 Å². The zero-order chi connectivity index (χ0) is 12.5. The van der Waals surface area contributed by atoms with Crippen molar-refractivity contribution in [2.24, 2.45) is 5.41 Å². The van der Waals surface area contributed by atoms with E-state index in [2.05, 4.69) is 18.7 Å². The van der Waals surface area contributed by atoms with Crippen LogP contribution < -0.4 is 4.90 Å². The largest absolute Gasteiger partial charge is 0.477 e. The van der Waals surface area contributed by atoms with Crippen LogP contribution in [0, 0.1) is 5.41 Å². The summed E-state index contributed by atoms with van der Waals surface area (Å²) in [5.41, 5.74) is 1.55. The van der Waals surface area contributed by atoms with Crippen LogP contribution in [0.4, 0.5) is 5.69 Å². The van der Waals surface area contributed by atoms with Crippen LogP contribution in [0.5, 0.6) is 0 Å². The lowest BCUT2D eigenvalue weighted by atomic mass is 9.78. The van der Waals surface area contributed by atoms with Gasteiger partial charge in [0.2, 0.25) is 0 Å². The number of anilines is 1. The molecule has 0 spiro atoms. The molecule has 0 radical (unpaired) electrons. The lowest BCUT2D eigenvalue weighted by Gasteiger charge is -2.39. The normalized spacial score (nSPS) is 19.3. The number of carboxylic acid groups (broad SMARTS) is 1. The summed E-state index contributed by atoms with van der Waals surface area (Å²) in [6, 6.07) is 1.79. The van der Waals surface area contributed by atoms with Crippen LogP contribution >= 0.6 is 11.3 Å². The van der Waals surface area contributed by atoms with E-state index in [9.17, 15) is 4.79 Å². The first-order valence-electron chi connectivity index (χ1n) is 6.11. The Hall–Kier alpha value is -1.03. The second kappa shape index (κ2) is 4.69. The number of rotatable bonds is 3. The van der Waals surface area contributed by atoms with E-state index in [0.717, 1.165) is 18.8 Å². The molecule has 0 atom stereocenters. The Kier molecular flexibility index (Phi) is 3.43. The molecular formula is C13H19NO2S. The van der Waals surface area contributed by atoms with Gasteiger partial charge in [0.25, 0.3) is 0 Å². The molecule has 4 heteroatoms. The van der Waals surface area contributed by atoms with E-state index in [-0.39, 0.29) is 0 Å². The smallest absolute Gasteiger partial charge is 0.345 e. The highest BCUT2D eigenvalue weighted by Gasteiger charge is 2.28. The van der Waals surface area contributed by atoms with Crippen LogP contribution in [0.15, 0.2) is 11.4 Å². The molecule has 1 N–H and O–H groups in total. The highest BCUT2D eigenvalue weighted by molar-refractivity contribution is 7.12. The Morgan fingerprint density at radius 2 is 2.18 bits per heavy atom. The molecule has 17 heavy (non-hydrogen) atoms. The van der Waals surface area contributed by atoms with E-state index < -0.39 is 5.97 Å². The van der Waals surface area contributed by atoms with Gasteiger partial charge in [-0.05, 0) is 24.3 Å². The van der Waals surface area contributed by atoms with Crippen molar-refractivity contribution >= 4 is 23.0 Å². The van der Waals surface area contributed by atoms with Crippen molar-refractivity contribution < 1.29 is 9.90 Å². The van der Waals surface area contributed by atoms with Crippen molar-refractivity contribution in [2.45, 2.75) is 33.1 Å². The van der Waals surface area contributed by atoms with Gasteiger partial charge in [0.15, 0.2) is 0 Å². The molecule has 0 bridgehead atoms. The summed E-state index contributed by atoms with van der Waals surface area (Å²) in [6.45, 7) is 6.68. The lowest BCUT2D eigenvalue weighted by molar-refractivity contribution is 0.0702. The summed E-state index contributed by atoms with van der Waals surface area (Å²) < 4.78 is 0. The molecule has 1 aromatic heterocycles. The number of carboxylic acids is 1. The lowest BCUT2D eigenvalue weighted by Crippen LogP contribution is -2.38. The van der Waals surface area contributed by atoms with Gasteiger partial charge in [-0.2, -0.15) is 0 Å². The topological polar surface area (TPSA) is 40.5 Å². The molecule has 1 fully saturated rings. The molecule has 0 aliphatic carbocycles. The number of nitrogens with zero attached hydrogens (tertiary/aromatic N) is 1. The molecule has 0 saturated carbocycles. The molecule has 0 unspecified atom stereocenters. The van der Waals surface area contributed by atoms with E-state index in [0.29, 0.717) is 10.3 Å². The first-order chi connectivity index (χ1) is 8.04. The average molecular weight is 253 g/mol. The highest BCUT2D eigenvalue weighted by atomic mass is 32.1. The van der Waals surface area contributed by atoms with Gasteiger partial charge in [0, 0.05) is 24.2 Å². The number of hydrogen-bond acceptors (Lipinski definition) is 3. The molecule has 1 aromatic rings. The zero-order valence-corrected chi connectivity index (χ0v) is 11.2.